The van der Waals surface area contributed by atoms with Crippen LogP contribution in [0.2, 0.25) is 0 Å². The molecule has 6 heteroatoms. The summed E-state index contributed by atoms with van der Waals surface area (Å²) < 4.78 is 1.08. The molecule has 2 amide bonds. The Bertz CT molecular complexity index is 510. The van der Waals surface area contributed by atoms with Gasteiger partial charge in [0.25, 0.3) is 0 Å². The van der Waals surface area contributed by atoms with Crippen LogP contribution in [-0.2, 0) is 9.59 Å². The zero-order chi connectivity index (χ0) is 15.4. The van der Waals surface area contributed by atoms with Crippen LogP contribution in [0.1, 0.15) is 12.8 Å². The molecule has 0 radical (unpaired) electrons. The van der Waals surface area contributed by atoms with E-state index >= 15 is 0 Å². The van der Waals surface area contributed by atoms with Crippen LogP contribution in [0.3, 0.4) is 0 Å². The summed E-state index contributed by atoms with van der Waals surface area (Å²) in [6, 6.07) is 7.52. The van der Waals surface area contributed by atoms with E-state index in [2.05, 4.69) is 39.9 Å². The second-order valence-electron chi connectivity index (χ2n) is 5.41. The predicted molar refractivity (Wildman–Crippen MR) is 91.1 cm³/mol. The van der Waals surface area contributed by atoms with Crippen LogP contribution < -0.4 is 5.32 Å². The summed E-state index contributed by atoms with van der Waals surface area (Å²) in [4.78, 5) is 28.0. The summed E-state index contributed by atoms with van der Waals surface area (Å²) in [6.45, 7) is 1.92. The number of rotatable bonds is 2. The molecule has 1 saturated heterocycles. The van der Waals surface area contributed by atoms with Crippen molar-refractivity contribution in [3.8, 4) is 0 Å². The van der Waals surface area contributed by atoms with Crippen LogP contribution in [0, 0.1) is 3.57 Å². The van der Waals surface area contributed by atoms with Gasteiger partial charge in [-0.15, -0.1) is 0 Å². The summed E-state index contributed by atoms with van der Waals surface area (Å²) in [5, 5.41) is 2.65. The number of likely N-dealkylation sites (N-methyl/N-ethyl adjacent to an activating group) is 1. The number of hydrogen-bond acceptors (Lipinski definition) is 3. The number of carbonyl (C=O) groups is 2. The summed E-state index contributed by atoms with van der Waals surface area (Å²) in [5.41, 5.74) is 0.644. The maximum Gasteiger partial charge on any atom is 0.313 e. The molecule has 1 aliphatic rings. The lowest BCUT2D eigenvalue weighted by molar-refractivity contribution is -0.144. The van der Waals surface area contributed by atoms with E-state index in [1.54, 1.807) is 24.1 Å². The zero-order valence-corrected chi connectivity index (χ0v) is 14.5. The number of carbonyl (C=O) groups excluding carboxylic acids is 2. The lowest BCUT2D eigenvalue weighted by atomic mass is 10.0. The number of nitrogens with one attached hydrogen (secondary N) is 1. The molecule has 0 saturated carbocycles. The van der Waals surface area contributed by atoms with Crippen molar-refractivity contribution in [1.29, 1.82) is 0 Å². The van der Waals surface area contributed by atoms with Crippen LogP contribution in [0.15, 0.2) is 24.3 Å². The van der Waals surface area contributed by atoms with Gasteiger partial charge in [-0.3, -0.25) is 9.59 Å². The van der Waals surface area contributed by atoms with Gasteiger partial charge >= 0.3 is 11.8 Å². The van der Waals surface area contributed by atoms with Gasteiger partial charge in [0, 0.05) is 22.3 Å². The number of benzene rings is 1. The fourth-order valence-corrected chi connectivity index (χ4v) is 2.79. The first kappa shape index (κ1) is 16.2. The minimum absolute atomic E-state index is 0.149. The molecule has 1 fully saturated rings. The van der Waals surface area contributed by atoms with Gasteiger partial charge < -0.3 is 15.1 Å². The Morgan fingerprint density at radius 1 is 1.24 bits per heavy atom. The number of hydrogen-bond donors (Lipinski definition) is 1. The Morgan fingerprint density at radius 2 is 1.81 bits per heavy atom. The van der Waals surface area contributed by atoms with Gasteiger partial charge in [-0.2, -0.15) is 0 Å². The lowest BCUT2D eigenvalue weighted by Crippen LogP contribution is -2.47. The molecular formula is C15H20IN3O2. The Hall–Kier alpha value is -1.15. The van der Waals surface area contributed by atoms with E-state index in [9.17, 15) is 9.59 Å². The van der Waals surface area contributed by atoms with E-state index < -0.39 is 11.8 Å². The normalized spacial score (nSPS) is 16.5. The van der Waals surface area contributed by atoms with Crippen LogP contribution in [0.4, 0.5) is 5.69 Å². The molecular weight excluding hydrogens is 381 g/mol. The topological polar surface area (TPSA) is 52.7 Å². The number of anilines is 1. The number of halogens is 1. The smallest absolute Gasteiger partial charge is 0.313 e. The van der Waals surface area contributed by atoms with Gasteiger partial charge in [-0.25, -0.2) is 0 Å². The van der Waals surface area contributed by atoms with Crippen molar-refractivity contribution in [3.63, 3.8) is 0 Å². The molecule has 1 aromatic carbocycles. The molecule has 0 bridgehead atoms. The van der Waals surface area contributed by atoms with Crippen molar-refractivity contribution in [2.75, 3.05) is 32.5 Å². The van der Waals surface area contributed by atoms with Crippen LogP contribution in [0.5, 0.6) is 0 Å². The molecule has 1 aliphatic heterocycles. The summed E-state index contributed by atoms with van der Waals surface area (Å²) in [7, 11) is 3.79. The quantitative estimate of drug-likeness (QED) is 0.608. The van der Waals surface area contributed by atoms with Crippen molar-refractivity contribution in [3.05, 3.63) is 27.8 Å². The number of nitrogens with zero attached hydrogens (tertiary/aromatic N) is 2. The number of likely N-dealkylation sites (tertiary alicyclic amines) is 1. The molecule has 114 valence electrons. The second-order valence-corrected chi connectivity index (χ2v) is 6.66. The highest BCUT2D eigenvalue weighted by Gasteiger charge is 2.27. The fraction of sp³-hybridized carbons (Fsp3) is 0.467. The van der Waals surface area contributed by atoms with E-state index in [1.807, 2.05) is 12.1 Å². The highest BCUT2D eigenvalue weighted by atomic mass is 127. The summed E-state index contributed by atoms with van der Waals surface area (Å²) in [6.07, 6.45) is 1.82. The van der Waals surface area contributed by atoms with Crippen molar-refractivity contribution < 1.29 is 9.59 Å². The summed E-state index contributed by atoms with van der Waals surface area (Å²) >= 11 is 2.19. The minimum atomic E-state index is -0.572. The van der Waals surface area contributed by atoms with E-state index in [0.29, 0.717) is 5.69 Å². The Balaban J connectivity index is 1.92. The van der Waals surface area contributed by atoms with Crippen LogP contribution in [0.25, 0.3) is 0 Å². The van der Waals surface area contributed by atoms with Crippen molar-refractivity contribution >= 4 is 40.1 Å². The monoisotopic (exact) mass is 401 g/mol. The van der Waals surface area contributed by atoms with E-state index in [0.717, 1.165) is 29.5 Å². The fourth-order valence-electron chi connectivity index (χ4n) is 2.43. The maximum atomic E-state index is 12.2. The Morgan fingerprint density at radius 3 is 2.38 bits per heavy atom. The van der Waals surface area contributed by atoms with E-state index in [-0.39, 0.29) is 6.04 Å². The third-order valence-electron chi connectivity index (χ3n) is 3.85. The first-order valence-electron chi connectivity index (χ1n) is 6.99. The van der Waals surface area contributed by atoms with Crippen molar-refractivity contribution in [2.24, 2.45) is 0 Å². The highest BCUT2D eigenvalue weighted by molar-refractivity contribution is 14.1. The van der Waals surface area contributed by atoms with Crippen molar-refractivity contribution in [1.82, 2.24) is 9.80 Å². The number of piperidine rings is 1. The third-order valence-corrected chi connectivity index (χ3v) is 4.57. The first-order valence-corrected chi connectivity index (χ1v) is 8.07. The van der Waals surface area contributed by atoms with Gasteiger partial charge in [0.2, 0.25) is 0 Å². The molecule has 21 heavy (non-hydrogen) atoms. The molecule has 2 rings (SSSR count). The van der Waals surface area contributed by atoms with Crippen LogP contribution >= 0.6 is 22.6 Å². The van der Waals surface area contributed by atoms with Gasteiger partial charge in [0.05, 0.1) is 0 Å². The first-order chi connectivity index (χ1) is 9.97. The minimum Gasteiger partial charge on any atom is -0.334 e. The molecule has 0 spiro atoms. The molecule has 1 N–H and O–H groups in total. The molecule has 5 nitrogen and oxygen atoms in total. The predicted octanol–water partition coefficient (Wildman–Crippen LogP) is 1.78. The van der Waals surface area contributed by atoms with E-state index in [4.69, 9.17) is 0 Å². The Labute approximate surface area is 138 Å². The third kappa shape index (κ3) is 4.41. The van der Waals surface area contributed by atoms with Crippen molar-refractivity contribution in [2.45, 2.75) is 18.9 Å². The van der Waals surface area contributed by atoms with E-state index in [1.165, 1.54) is 0 Å². The average Bonchev–Trinajstić information content (AvgIpc) is 2.49. The standard InChI is InChI=1S/C15H20IN3O2/c1-18-9-7-13(8-10-18)19(2)15(21)14(20)17-12-5-3-11(16)4-6-12/h3-6,13H,7-10H2,1-2H3,(H,17,20). The summed E-state index contributed by atoms with van der Waals surface area (Å²) in [5.74, 6) is -1.04. The van der Waals surface area contributed by atoms with Crippen LogP contribution in [-0.4, -0.2) is 54.8 Å². The molecule has 1 heterocycles. The highest BCUT2D eigenvalue weighted by Crippen LogP contribution is 2.15. The SMILES string of the molecule is CN1CCC(N(C)C(=O)C(=O)Nc2ccc(I)cc2)CC1. The molecule has 0 unspecified atom stereocenters. The van der Waals surface area contributed by atoms with Gasteiger partial charge in [0.15, 0.2) is 0 Å². The molecule has 1 aromatic rings. The largest absolute Gasteiger partial charge is 0.334 e. The van der Waals surface area contributed by atoms with Gasteiger partial charge in [-0.05, 0) is 79.8 Å². The maximum absolute atomic E-state index is 12.2. The zero-order valence-electron chi connectivity index (χ0n) is 12.3. The van der Waals surface area contributed by atoms with Gasteiger partial charge in [-0.1, -0.05) is 0 Å². The molecule has 0 aliphatic carbocycles. The van der Waals surface area contributed by atoms with Gasteiger partial charge in [0.1, 0.15) is 0 Å². The number of amides is 2. The molecule has 0 atom stereocenters. The average molecular weight is 401 g/mol. The molecule has 0 aromatic heterocycles. The Kier molecular flexibility index (Phi) is 5.58. The second kappa shape index (κ2) is 7.22. The lowest BCUT2D eigenvalue weighted by Gasteiger charge is -2.34.